The first-order valence-electron chi connectivity index (χ1n) is 7.97. The Hall–Kier alpha value is -3.47. The third-order valence-corrected chi connectivity index (χ3v) is 4.17. The number of nitrogens with zero attached hydrogens (tertiary/aromatic N) is 2. The van der Waals surface area contributed by atoms with Crippen molar-refractivity contribution in [3.8, 4) is 11.1 Å². The fourth-order valence-electron chi connectivity index (χ4n) is 2.79. The van der Waals surface area contributed by atoms with Crippen LogP contribution in [0.5, 0.6) is 0 Å². The Kier molecular flexibility index (Phi) is 3.74. The van der Waals surface area contributed by atoms with Crippen LogP contribution in [0.1, 0.15) is 15.9 Å². The summed E-state index contributed by atoms with van der Waals surface area (Å²) in [6, 6.07) is 13.9. The maximum absolute atomic E-state index is 12.5. The van der Waals surface area contributed by atoms with Crippen molar-refractivity contribution in [1.82, 2.24) is 15.0 Å². The number of anilines is 1. The molecule has 4 rings (SSSR count). The third kappa shape index (κ3) is 2.87. The van der Waals surface area contributed by atoms with Crippen molar-refractivity contribution in [3.05, 3.63) is 78.4 Å². The van der Waals surface area contributed by atoms with Crippen molar-refractivity contribution in [3.63, 3.8) is 0 Å². The Labute approximate surface area is 144 Å². The van der Waals surface area contributed by atoms with Crippen molar-refractivity contribution in [2.45, 2.75) is 6.92 Å². The number of benzene rings is 1. The first-order chi connectivity index (χ1) is 12.2. The lowest BCUT2D eigenvalue weighted by Gasteiger charge is -2.07. The maximum atomic E-state index is 12.5. The van der Waals surface area contributed by atoms with Gasteiger partial charge in [0.2, 0.25) is 0 Å². The quantitative estimate of drug-likeness (QED) is 0.592. The number of aromatic nitrogens is 3. The molecule has 25 heavy (non-hydrogen) atoms. The summed E-state index contributed by atoms with van der Waals surface area (Å²) in [7, 11) is 0. The van der Waals surface area contributed by atoms with E-state index in [9.17, 15) is 4.79 Å². The van der Waals surface area contributed by atoms with Crippen LogP contribution >= 0.6 is 0 Å². The largest absolute Gasteiger partial charge is 0.344 e. The van der Waals surface area contributed by atoms with E-state index in [1.54, 1.807) is 18.6 Å². The second-order valence-corrected chi connectivity index (χ2v) is 5.83. The summed E-state index contributed by atoms with van der Waals surface area (Å²) >= 11 is 0. The molecule has 5 heteroatoms. The maximum Gasteiger partial charge on any atom is 0.257 e. The standard InChI is InChI=1S/C20H16N4O/c1-13-7-8-21-11-17(13)20(25)24-18-12-23-19-16(18)9-15(10-22-19)14-5-3-2-4-6-14/h2-12H,1H3,(H,22,23)(H,24,25). The van der Waals surface area contributed by atoms with Crippen LogP contribution in [0.25, 0.3) is 22.2 Å². The molecule has 0 aliphatic heterocycles. The van der Waals surface area contributed by atoms with Gasteiger partial charge in [0.15, 0.2) is 0 Å². The number of pyridine rings is 2. The van der Waals surface area contributed by atoms with Crippen LogP contribution in [0, 0.1) is 6.92 Å². The Morgan fingerprint density at radius 3 is 2.72 bits per heavy atom. The molecule has 4 aromatic rings. The predicted molar refractivity (Wildman–Crippen MR) is 98.5 cm³/mol. The van der Waals surface area contributed by atoms with E-state index in [4.69, 9.17) is 0 Å². The normalized spacial score (nSPS) is 10.8. The van der Waals surface area contributed by atoms with Crippen molar-refractivity contribution in [2.24, 2.45) is 0 Å². The third-order valence-electron chi connectivity index (χ3n) is 4.17. The number of nitrogens with one attached hydrogen (secondary N) is 2. The van der Waals surface area contributed by atoms with Gasteiger partial charge in [0.25, 0.3) is 5.91 Å². The molecule has 3 aromatic heterocycles. The number of hydrogen-bond donors (Lipinski definition) is 2. The highest BCUT2D eigenvalue weighted by Crippen LogP contribution is 2.27. The topological polar surface area (TPSA) is 70.7 Å². The number of fused-ring (bicyclic) bond motifs is 1. The number of aryl methyl sites for hydroxylation is 1. The molecule has 0 fully saturated rings. The minimum absolute atomic E-state index is 0.184. The molecule has 0 spiro atoms. The lowest BCUT2D eigenvalue weighted by atomic mass is 10.1. The number of aromatic amines is 1. The van der Waals surface area contributed by atoms with Crippen LogP contribution in [0.15, 0.2) is 67.3 Å². The van der Waals surface area contributed by atoms with E-state index in [1.807, 2.05) is 55.6 Å². The number of rotatable bonds is 3. The van der Waals surface area contributed by atoms with E-state index in [1.165, 1.54) is 0 Å². The van der Waals surface area contributed by atoms with Gasteiger partial charge in [-0.2, -0.15) is 0 Å². The molecule has 0 bridgehead atoms. The van der Waals surface area contributed by atoms with Gasteiger partial charge < -0.3 is 10.3 Å². The monoisotopic (exact) mass is 328 g/mol. The van der Waals surface area contributed by atoms with Crippen LogP contribution in [0.3, 0.4) is 0 Å². The minimum atomic E-state index is -0.184. The number of hydrogen-bond acceptors (Lipinski definition) is 3. The average Bonchev–Trinajstić information content (AvgIpc) is 3.05. The van der Waals surface area contributed by atoms with Gasteiger partial charge >= 0.3 is 0 Å². The molecule has 0 saturated heterocycles. The van der Waals surface area contributed by atoms with Crippen molar-refractivity contribution in [1.29, 1.82) is 0 Å². The molecule has 0 unspecified atom stereocenters. The molecular weight excluding hydrogens is 312 g/mol. The number of amides is 1. The van der Waals surface area contributed by atoms with Gasteiger partial charge in [0, 0.05) is 35.7 Å². The fraction of sp³-hybridized carbons (Fsp3) is 0.0500. The van der Waals surface area contributed by atoms with E-state index in [0.29, 0.717) is 11.3 Å². The number of carbonyl (C=O) groups excluding carboxylic acids is 1. The van der Waals surface area contributed by atoms with Gasteiger partial charge in [0.05, 0.1) is 11.3 Å². The summed E-state index contributed by atoms with van der Waals surface area (Å²) < 4.78 is 0. The summed E-state index contributed by atoms with van der Waals surface area (Å²) in [5.74, 6) is -0.184. The molecule has 1 amide bonds. The first kappa shape index (κ1) is 15.1. The van der Waals surface area contributed by atoms with E-state index in [-0.39, 0.29) is 5.91 Å². The zero-order valence-corrected chi connectivity index (χ0v) is 13.7. The predicted octanol–water partition coefficient (Wildman–Crippen LogP) is 4.19. The number of H-pyrrole nitrogens is 1. The summed E-state index contributed by atoms with van der Waals surface area (Å²) in [6.45, 7) is 1.89. The van der Waals surface area contributed by atoms with Crippen molar-refractivity contribution >= 4 is 22.6 Å². The van der Waals surface area contributed by atoms with Gasteiger partial charge in [-0.25, -0.2) is 4.98 Å². The highest BCUT2D eigenvalue weighted by atomic mass is 16.1. The van der Waals surface area contributed by atoms with Gasteiger partial charge in [-0.1, -0.05) is 30.3 Å². The molecule has 0 saturated carbocycles. The molecule has 5 nitrogen and oxygen atoms in total. The zero-order valence-electron chi connectivity index (χ0n) is 13.7. The van der Waals surface area contributed by atoms with E-state index in [0.717, 1.165) is 27.7 Å². The van der Waals surface area contributed by atoms with E-state index < -0.39 is 0 Å². The molecule has 122 valence electrons. The number of carbonyl (C=O) groups is 1. The summed E-state index contributed by atoms with van der Waals surface area (Å²) in [5, 5.41) is 3.82. The Morgan fingerprint density at radius 2 is 1.92 bits per heavy atom. The Balaban J connectivity index is 1.71. The van der Waals surface area contributed by atoms with Gasteiger partial charge in [-0.05, 0) is 30.2 Å². The molecule has 1 aromatic carbocycles. The fourth-order valence-corrected chi connectivity index (χ4v) is 2.79. The van der Waals surface area contributed by atoms with E-state index in [2.05, 4.69) is 20.3 Å². The zero-order chi connectivity index (χ0) is 17.2. The summed E-state index contributed by atoms with van der Waals surface area (Å²) in [4.78, 5) is 24.1. The van der Waals surface area contributed by atoms with E-state index >= 15 is 0 Å². The second kappa shape index (κ2) is 6.20. The second-order valence-electron chi connectivity index (χ2n) is 5.83. The highest BCUT2D eigenvalue weighted by molar-refractivity contribution is 6.09. The van der Waals surface area contributed by atoms with Crippen molar-refractivity contribution in [2.75, 3.05) is 5.32 Å². The van der Waals surface area contributed by atoms with Crippen molar-refractivity contribution < 1.29 is 4.79 Å². The molecule has 0 aliphatic carbocycles. The summed E-state index contributed by atoms with van der Waals surface area (Å²) in [5.41, 5.74) is 4.96. The molecule has 2 N–H and O–H groups in total. The van der Waals surface area contributed by atoms with Gasteiger partial charge in [-0.15, -0.1) is 0 Å². The first-order valence-corrected chi connectivity index (χ1v) is 7.97. The van der Waals surface area contributed by atoms with Crippen LogP contribution in [-0.2, 0) is 0 Å². The van der Waals surface area contributed by atoms with Crippen LogP contribution in [-0.4, -0.2) is 20.9 Å². The van der Waals surface area contributed by atoms with Crippen LogP contribution < -0.4 is 5.32 Å². The molecule has 3 heterocycles. The molecule has 0 aliphatic rings. The van der Waals surface area contributed by atoms with Crippen LogP contribution in [0.2, 0.25) is 0 Å². The highest BCUT2D eigenvalue weighted by Gasteiger charge is 2.13. The average molecular weight is 328 g/mol. The molecular formula is C20H16N4O. The lowest BCUT2D eigenvalue weighted by Crippen LogP contribution is -2.13. The Morgan fingerprint density at radius 1 is 1.08 bits per heavy atom. The van der Waals surface area contributed by atoms with Gasteiger partial charge in [0.1, 0.15) is 5.65 Å². The molecule has 0 atom stereocenters. The lowest BCUT2D eigenvalue weighted by molar-refractivity contribution is 0.102. The Bertz CT molecular complexity index is 1050. The van der Waals surface area contributed by atoms with Crippen LogP contribution in [0.4, 0.5) is 5.69 Å². The van der Waals surface area contributed by atoms with Gasteiger partial charge in [-0.3, -0.25) is 9.78 Å². The molecule has 0 radical (unpaired) electrons. The SMILES string of the molecule is Cc1ccncc1C(=O)Nc1c[nH]c2ncc(-c3ccccc3)cc12. The minimum Gasteiger partial charge on any atom is -0.344 e. The summed E-state index contributed by atoms with van der Waals surface area (Å²) in [6.07, 6.45) is 6.84. The smallest absolute Gasteiger partial charge is 0.257 e.